The summed E-state index contributed by atoms with van der Waals surface area (Å²) in [6, 6.07) is 8.56. The Labute approximate surface area is 146 Å². The number of piperidine rings is 2. The molecule has 2 aliphatic heterocycles. The Hall–Kier alpha value is -1.39. The summed E-state index contributed by atoms with van der Waals surface area (Å²) in [5.74, 6) is 1.20. The smallest absolute Gasteiger partial charge is 0.223 e. The molecule has 2 N–H and O–H groups in total. The van der Waals surface area contributed by atoms with E-state index >= 15 is 0 Å². The van der Waals surface area contributed by atoms with E-state index in [1.807, 2.05) is 0 Å². The van der Waals surface area contributed by atoms with Crippen LogP contribution in [0.3, 0.4) is 0 Å². The number of amides is 1. The summed E-state index contributed by atoms with van der Waals surface area (Å²) in [6.45, 7) is 8.31. The lowest BCUT2D eigenvalue weighted by Gasteiger charge is -2.31. The van der Waals surface area contributed by atoms with E-state index in [1.54, 1.807) is 0 Å². The van der Waals surface area contributed by atoms with Crippen molar-refractivity contribution in [1.29, 1.82) is 0 Å². The summed E-state index contributed by atoms with van der Waals surface area (Å²) in [7, 11) is 0. The quantitative estimate of drug-likeness (QED) is 0.872. The van der Waals surface area contributed by atoms with Gasteiger partial charge in [-0.25, -0.2) is 0 Å². The topological polar surface area (TPSA) is 44.4 Å². The van der Waals surface area contributed by atoms with Gasteiger partial charge >= 0.3 is 0 Å². The summed E-state index contributed by atoms with van der Waals surface area (Å²) in [5, 5.41) is 6.49. The van der Waals surface area contributed by atoms with Crippen LogP contribution in [0.1, 0.15) is 43.7 Å². The number of nitrogens with one attached hydrogen (secondary N) is 2. The molecule has 0 unspecified atom stereocenters. The molecule has 0 bridgehead atoms. The highest BCUT2D eigenvalue weighted by Gasteiger charge is 2.21. The predicted molar refractivity (Wildman–Crippen MR) is 97.6 cm³/mol. The Morgan fingerprint density at radius 2 is 1.96 bits per heavy atom. The average molecular weight is 329 g/mol. The van der Waals surface area contributed by atoms with Crippen LogP contribution >= 0.6 is 0 Å². The van der Waals surface area contributed by atoms with Crippen molar-refractivity contribution < 1.29 is 4.79 Å². The third-order valence-corrected chi connectivity index (χ3v) is 5.42. The van der Waals surface area contributed by atoms with E-state index < -0.39 is 0 Å². The van der Waals surface area contributed by atoms with Crippen LogP contribution in [0, 0.1) is 11.8 Å². The summed E-state index contributed by atoms with van der Waals surface area (Å²) in [4.78, 5) is 14.9. The number of rotatable bonds is 5. The number of hydrogen-bond acceptors (Lipinski definition) is 3. The molecule has 0 saturated carbocycles. The molecule has 3 rings (SSSR count). The lowest BCUT2D eigenvalue weighted by molar-refractivity contribution is -0.125. The number of carbonyl (C=O) groups is 1. The van der Waals surface area contributed by atoms with E-state index in [9.17, 15) is 4.79 Å². The standard InChI is InChI=1S/C20H31N3O/c1-16-5-4-12-23(14-16)15-19-7-3-2-6-18(19)13-22-20(24)17-8-10-21-11-9-17/h2-3,6-7,16-17,21H,4-5,8-15H2,1H3,(H,22,24)/t16-/m0/s1. The maximum absolute atomic E-state index is 12.4. The van der Waals surface area contributed by atoms with Crippen LogP contribution in [0.2, 0.25) is 0 Å². The molecule has 1 aromatic carbocycles. The molecule has 4 nitrogen and oxygen atoms in total. The van der Waals surface area contributed by atoms with Gasteiger partial charge in [0.15, 0.2) is 0 Å². The molecule has 0 aromatic heterocycles. The fraction of sp³-hybridized carbons (Fsp3) is 0.650. The van der Waals surface area contributed by atoms with Crippen molar-refractivity contribution >= 4 is 5.91 Å². The maximum atomic E-state index is 12.4. The largest absolute Gasteiger partial charge is 0.352 e. The second-order valence-electron chi connectivity index (χ2n) is 7.49. The second-order valence-corrected chi connectivity index (χ2v) is 7.49. The normalized spacial score (nSPS) is 23.1. The number of benzene rings is 1. The number of hydrogen-bond donors (Lipinski definition) is 2. The molecule has 2 aliphatic rings. The van der Waals surface area contributed by atoms with Gasteiger partial charge in [0.25, 0.3) is 0 Å². The fourth-order valence-electron chi connectivity index (χ4n) is 3.97. The van der Waals surface area contributed by atoms with Crippen LogP contribution in [0.5, 0.6) is 0 Å². The Kier molecular flexibility index (Phi) is 6.27. The fourth-order valence-corrected chi connectivity index (χ4v) is 3.97. The van der Waals surface area contributed by atoms with E-state index in [0.717, 1.165) is 38.4 Å². The molecule has 0 aliphatic carbocycles. The number of nitrogens with zero attached hydrogens (tertiary/aromatic N) is 1. The molecule has 2 fully saturated rings. The van der Waals surface area contributed by atoms with E-state index in [4.69, 9.17) is 0 Å². The highest BCUT2D eigenvalue weighted by Crippen LogP contribution is 2.20. The minimum Gasteiger partial charge on any atom is -0.352 e. The first-order valence-corrected chi connectivity index (χ1v) is 9.50. The van der Waals surface area contributed by atoms with Gasteiger partial charge in [-0.15, -0.1) is 0 Å². The highest BCUT2D eigenvalue weighted by atomic mass is 16.1. The first-order valence-electron chi connectivity index (χ1n) is 9.50. The molecular weight excluding hydrogens is 298 g/mol. The molecule has 132 valence electrons. The van der Waals surface area contributed by atoms with Crippen LogP contribution in [0.15, 0.2) is 24.3 Å². The summed E-state index contributed by atoms with van der Waals surface area (Å²) in [5.41, 5.74) is 2.62. The first-order chi connectivity index (χ1) is 11.7. The van der Waals surface area contributed by atoms with Gasteiger partial charge < -0.3 is 10.6 Å². The van der Waals surface area contributed by atoms with Crippen molar-refractivity contribution in [3.05, 3.63) is 35.4 Å². The maximum Gasteiger partial charge on any atom is 0.223 e. The van der Waals surface area contributed by atoms with Crippen molar-refractivity contribution in [2.75, 3.05) is 26.2 Å². The van der Waals surface area contributed by atoms with E-state index in [0.29, 0.717) is 6.54 Å². The molecule has 0 radical (unpaired) electrons. The first kappa shape index (κ1) is 17.4. The van der Waals surface area contributed by atoms with Gasteiger partial charge in [0.05, 0.1) is 0 Å². The Morgan fingerprint density at radius 3 is 2.71 bits per heavy atom. The highest BCUT2D eigenvalue weighted by molar-refractivity contribution is 5.78. The van der Waals surface area contributed by atoms with Crippen LogP contribution in [0.25, 0.3) is 0 Å². The van der Waals surface area contributed by atoms with Gasteiger partial charge in [-0.3, -0.25) is 9.69 Å². The van der Waals surface area contributed by atoms with Gasteiger partial charge in [-0.1, -0.05) is 31.2 Å². The zero-order valence-corrected chi connectivity index (χ0v) is 14.9. The van der Waals surface area contributed by atoms with Crippen LogP contribution in [0.4, 0.5) is 0 Å². The zero-order chi connectivity index (χ0) is 16.8. The number of carbonyl (C=O) groups excluding carboxylic acids is 1. The summed E-state index contributed by atoms with van der Waals surface area (Å²) < 4.78 is 0. The van der Waals surface area contributed by atoms with Crippen molar-refractivity contribution in [2.45, 2.75) is 45.7 Å². The third-order valence-electron chi connectivity index (χ3n) is 5.42. The van der Waals surface area contributed by atoms with E-state index in [1.165, 1.54) is 37.1 Å². The molecular formula is C20H31N3O. The van der Waals surface area contributed by atoms with Gasteiger partial charge in [0, 0.05) is 25.6 Å². The molecule has 0 spiro atoms. The molecule has 1 amide bonds. The second kappa shape index (κ2) is 8.63. The van der Waals surface area contributed by atoms with Crippen LogP contribution in [-0.2, 0) is 17.9 Å². The lowest BCUT2D eigenvalue weighted by Crippen LogP contribution is -2.38. The van der Waals surface area contributed by atoms with E-state index in [2.05, 4.69) is 46.7 Å². The van der Waals surface area contributed by atoms with Crippen LogP contribution in [-0.4, -0.2) is 37.0 Å². The van der Waals surface area contributed by atoms with E-state index in [-0.39, 0.29) is 11.8 Å². The van der Waals surface area contributed by atoms with Gasteiger partial charge in [-0.2, -0.15) is 0 Å². The zero-order valence-electron chi connectivity index (χ0n) is 14.9. The predicted octanol–water partition coefficient (Wildman–Crippen LogP) is 2.53. The molecule has 4 heteroatoms. The Morgan fingerprint density at radius 1 is 1.21 bits per heavy atom. The van der Waals surface area contributed by atoms with Crippen molar-refractivity contribution in [1.82, 2.24) is 15.5 Å². The summed E-state index contributed by atoms with van der Waals surface area (Å²) in [6.07, 6.45) is 4.57. The average Bonchev–Trinajstić information content (AvgIpc) is 2.61. The lowest BCUT2D eigenvalue weighted by atomic mass is 9.97. The van der Waals surface area contributed by atoms with Crippen molar-refractivity contribution in [3.8, 4) is 0 Å². The minimum absolute atomic E-state index is 0.182. The van der Waals surface area contributed by atoms with Crippen LogP contribution < -0.4 is 10.6 Å². The molecule has 1 atom stereocenters. The van der Waals surface area contributed by atoms with Crippen molar-refractivity contribution in [3.63, 3.8) is 0 Å². The molecule has 2 heterocycles. The SMILES string of the molecule is C[C@H]1CCCN(Cc2ccccc2CNC(=O)C2CCNCC2)C1. The van der Waals surface area contributed by atoms with Gasteiger partial charge in [0.2, 0.25) is 5.91 Å². The van der Waals surface area contributed by atoms with Gasteiger partial charge in [0.1, 0.15) is 0 Å². The minimum atomic E-state index is 0.182. The molecule has 24 heavy (non-hydrogen) atoms. The molecule has 1 aromatic rings. The molecule has 2 saturated heterocycles. The Bertz CT molecular complexity index is 539. The third kappa shape index (κ3) is 4.81. The number of likely N-dealkylation sites (tertiary alicyclic amines) is 1. The Balaban J connectivity index is 1.56. The summed E-state index contributed by atoms with van der Waals surface area (Å²) >= 11 is 0. The van der Waals surface area contributed by atoms with Crippen molar-refractivity contribution in [2.24, 2.45) is 11.8 Å². The monoisotopic (exact) mass is 329 g/mol. The van der Waals surface area contributed by atoms with Gasteiger partial charge in [-0.05, 0) is 62.4 Å².